The summed E-state index contributed by atoms with van der Waals surface area (Å²) in [5, 5.41) is 12.8. The lowest BCUT2D eigenvalue weighted by Gasteiger charge is -2.39. The van der Waals surface area contributed by atoms with Gasteiger partial charge in [-0.3, -0.25) is 0 Å². The van der Waals surface area contributed by atoms with Crippen LogP contribution in [0.3, 0.4) is 0 Å². The number of piperidine rings is 1. The zero-order valence-corrected chi connectivity index (χ0v) is 13.7. The summed E-state index contributed by atoms with van der Waals surface area (Å²) in [7, 11) is 0. The van der Waals surface area contributed by atoms with Crippen molar-refractivity contribution in [2.24, 2.45) is 0 Å². The van der Waals surface area contributed by atoms with Gasteiger partial charge in [0.15, 0.2) is 0 Å². The van der Waals surface area contributed by atoms with Gasteiger partial charge in [0.2, 0.25) is 0 Å². The van der Waals surface area contributed by atoms with Crippen LogP contribution in [-0.4, -0.2) is 35.2 Å². The number of likely N-dealkylation sites (tertiary alicyclic amines) is 1. The Labute approximate surface area is 136 Å². The first-order chi connectivity index (χ1) is 10.7. The topological polar surface area (TPSA) is 65.4 Å². The Morgan fingerprint density at radius 3 is 2.61 bits per heavy atom. The molecule has 1 amide bonds. The number of carbonyl (C=O) groups is 1. The van der Waals surface area contributed by atoms with Crippen LogP contribution >= 0.6 is 0 Å². The molecule has 0 radical (unpaired) electrons. The minimum atomic E-state index is -0.896. The summed E-state index contributed by atoms with van der Waals surface area (Å²) in [6, 6.07) is 8.11. The van der Waals surface area contributed by atoms with Gasteiger partial charge >= 0.3 is 6.09 Å². The summed E-state index contributed by atoms with van der Waals surface area (Å²) in [6.45, 7) is 6.22. The molecule has 23 heavy (non-hydrogen) atoms. The van der Waals surface area contributed by atoms with Gasteiger partial charge in [-0.25, -0.2) is 9.18 Å². The standard InChI is InChI=1S/C17H22FN3O2/c1-16(2,3)23-15(22)21-10-4-9-17(11-19,12-21)20-14-7-5-13(18)6-8-14/h5-8,20H,4,9-10,12H2,1-3H3. The number of amides is 1. The van der Waals surface area contributed by atoms with E-state index in [-0.39, 0.29) is 12.4 Å². The summed E-state index contributed by atoms with van der Waals surface area (Å²) in [6.07, 6.45) is 0.888. The van der Waals surface area contributed by atoms with Crippen molar-refractivity contribution in [1.29, 1.82) is 5.26 Å². The molecule has 0 aliphatic carbocycles. The summed E-state index contributed by atoms with van der Waals surface area (Å²) in [5.41, 5.74) is -0.819. The van der Waals surface area contributed by atoms with Gasteiger partial charge in [-0.2, -0.15) is 5.26 Å². The molecular weight excluding hydrogens is 297 g/mol. The molecule has 0 bridgehead atoms. The van der Waals surface area contributed by atoms with Crippen molar-refractivity contribution in [3.8, 4) is 6.07 Å². The van der Waals surface area contributed by atoms with Gasteiger partial charge in [0.1, 0.15) is 17.0 Å². The second-order valence-electron chi connectivity index (χ2n) is 6.83. The third-order valence-corrected chi connectivity index (χ3v) is 3.59. The van der Waals surface area contributed by atoms with Crippen LogP contribution in [0, 0.1) is 17.1 Å². The van der Waals surface area contributed by atoms with E-state index in [4.69, 9.17) is 4.74 Å². The molecule has 0 saturated carbocycles. The molecule has 1 heterocycles. The van der Waals surface area contributed by atoms with Gasteiger partial charge in [-0.15, -0.1) is 0 Å². The number of carbonyl (C=O) groups excluding carboxylic acids is 1. The van der Waals surface area contributed by atoms with Crippen LogP contribution in [0.2, 0.25) is 0 Å². The molecule has 0 spiro atoms. The van der Waals surface area contributed by atoms with Crippen LogP contribution in [0.15, 0.2) is 24.3 Å². The minimum absolute atomic E-state index is 0.232. The number of halogens is 1. The number of benzene rings is 1. The number of nitriles is 1. The lowest BCUT2D eigenvalue weighted by atomic mass is 9.90. The maximum Gasteiger partial charge on any atom is 0.410 e. The monoisotopic (exact) mass is 319 g/mol. The third kappa shape index (κ3) is 4.59. The largest absolute Gasteiger partial charge is 0.444 e. The highest BCUT2D eigenvalue weighted by molar-refractivity contribution is 5.69. The Hall–Kier alpha value is -2.29. The predicted octanol–water partition coefficient (Wildman–Crippen LogP) is 3.53. The Morgan fingerprint density at radius 2 is 2.04 bits per heavy atom. The first-order valence-electron chi connectivity index (χ1n) is 7.66. The molecule has 1 fully saturated rings. The Bertz CT molecular complexity index is 604. The Morgan fingerprint density at radius 1 is 1.39 bits per heavy atom. The molecule has 124 valence electrons. The molecule has 1 aliphatic rings. The second kappa shape index (κ2) is 6.45. The number of rotatable bonds is 2. The number of ether oxygens (including phenoxy) is 1. The maximum atomic E-state index is 13.0. The fourth-order valence-corrected chi connectivity index (χ4v) is 2.57. The van der Waals surface area contributed by atoms with Gasteiger partial charge in [0.05, 0.1) is 12.6 Å². The van der Waals surface area contributed by atoms with Crippen molar-refractivity contribution < 1.29 is 13.9 Å². The molecule has 1 aromatic rings. The number of nitrogens with zero attached hydrogens (tertiary/aromatic N) is 2. The molecule has 6 heteroatoms. The van der Waals surface area contributed by atoms with Crippen molar-refractivity contribution in [3.63, 3.8) is 0 Å². The normalized spacial score (nSPS) is 21.4. The number of hydrogen-bond acceptors (Lipinski definition) is 4. The van der Waals surface area contributed by atoms with E-state index in [1.165, 1.54) is 12.1 Å². The van der Waals surface area contributed by atoms with Crippen molar-refractivity contribution in [2.45, 2.75) is 44.8 Å². The maximum absolute atomic E-state index is 13.0. The molecule has 1 saturated heterocycles. The fraction of sp³-hybridized carbons (Fsp3) is 0.529. The van der Waals surface area contributed by atoms with Crippen LogP contribution in [0.4, 0.5) is 14.9 Å². The molecule has 2 rings (SSSR count). The first kappa shape index (κ1) is 17.1. The average Bonchev–Trinajstić information content (AvgIpc) is 2.48. The number of hydrogen-bond donors (Lipinski definition) is 1. The Balaban J connectivity index is 2.11. The zero-order chi connectivity index (χ0) is 17.1. The molecule has 1 N–H and O–H groups in total. The van der Waals surface area contributed by atoms with E-state index in [1.54, 1.807) is 17.0 Å². The van der Waals surface area contributed by atoms with Gasteiger partial charge < -0.3 is 15.0 Å². The van der Waals surface area contributed by atoms with Gasteiger partial charge in [-0.1, -0.05) is 0 Å². The third-order valence-electron chi connectivity index (χ3n) is 3.59. The van der Waals surface area contributed by atoms with Crippen molar-refractivity contribution in [2.75, 3.05) is 18.4 Å². The predicted molar refractivity (Wildman–Crippen MR) is 85.4 cm³/mol. The van der Waals surface area contributed by atoms with Crippen LogP contribution in [0.1, 0.15) is 33.6 Å². The minimum Gasteiger partial charge on any atom is -0.444 e. The van der Waals surface area contributed by atoms with Crippen molar-refractivity contribution in [1.82, 2.24) is 4.90 Å². The summed E-state index contributed by atoms with van der Waals surface area (Å²) < 4.78 is 18.4. The molecular formula is C17H22FN3O2. The van der Waals surface area contributed by atoms with Gasteiger partial charge in [-0.05, 0) is 57.9 Å². The smallest absolute Gasteiger partial charge is 0.410 e. The van der Waals surface area contributed by atoms with E-state index < -0.39 is 17.2 Å². The van der Waals surface area contributed by atoms with E-state index in [0.717, 1.165) is 0 Å². The van der Waals surface area contributed by atoms with Gasteiger partial charge in [0, 0.05) is 12.2 Å². The van der Waals surface area contributed by atoms with Crippen LogP contribution in [-0.2, 0) is 4.74 Å². The molecule has 1 aromatic carbocycles. The molecule has 1 unspecified atom stereocenters. The van der Waals surface area contributed by atoms with Crippen LogP contribution < -0.4 is 5.32 Å². The van der Waals surface area contributed by atoms with E-state index in [9.17, 15) is 14.4 Å². The Kier molecular flexibility index (Phi) is 4.79. The summed E-state index contributed by atoms with van der Waals surface area (Å²) in [4.78, 5) is 13.8. The van der Waals surface area contributed by atoms with E-state index in [2.05, 4.69) is 11.4 Å². The average molecular weight is 319 g/mol. The summed E-state index contributed by atoms with van der Waals surface area (Å²) in [5.74, 6) is -0.333. The van der Waals surface area contributed by atoms with E-state index >= 15 is 0 Å². The highest BCUT2D eigenvalue weighted by Gasteiger charge is 2.38. The first-order valence-corrected chi connectivity index (χ1v) is 7.66. The summed E-state index contributed by atoms with van der Waals surface area (Å²) >= 11 is 0. The lowest BCUT2D eigenvalue weighted by molar-refractivity contribution is 0.0181. The highest BCUT2D eigenvalue weighted by atomic mass is 19.1. The van der Waals surface area contributed by atoms with Gasteiger partial charge in [0.25, 0.3) is 0 Å². The van der Waals surface area contributed by atoms with Crippen LogP contribution in [0.5, 0.6) is 0 Å². The van der Waals surface area contributed by atoms with Crippen molar-refractivity contribution >= 4 is 11.8 Å². The zero-order valence-electron chi connectivity index (χ0n) is 13.7. The molecule has 1 atom stereocenters. The fourth-order valence-electron chi connectivity index (χ4n) is 2.57. The molecule has 5 nitrogen and oxygen atoms in total. The molecule has 0 aromatic heterocycles. The lowest BCUT2D eigenvalue weighted by Crippen LogP contribution is -2.54. The van der Waals surface area contributed by atoms with Crippen molar-refractivity contribution in [3.05, 3.63) is 30.1 Å². The van der Waals surface area contributed by atoms with Crippen LogP contribution in [0.25, 0.3) is 0 Å². The number of nitrogens with one attached hydrogen (secondary N) is 1. The van der Waals surface area contributed by atoms with E-state index in [1.807, 2.05) is 20.8 Å². The number of anilines is 1. The van der Waals surface area contributed by atoms with E-state index in [0.29, 0.717) is 25.1 Å². The quantitative estimate of drug-likeness (QED) is 0.905. The SMILES string of the molecule is CC(C)(C)OC(=O)N1CCCC(C#N)(Nc2ccc(F)cc2)C1. The second-order valence-corrected chi connectivity index (χ2v) is 6.83. The molecule has 1 aliphatic heterocycles. The highest BCUT2D eigenvalue weighted by Crippen LogP contribution is 2.27.